The van der Waals surface area contributed by atoms with Gasteiger partial charge in [-0.2, -0.15) is 0 Å². The maximum absolute atomic E-state index is 12.5. The molecule has 2 aromatic rings. The van der Waals surface area contributed by atoms with Crippen LogP contribution in [0.25, 0.3) is 0 Å². The van der Waals surface area contributed by atoms with Crippen LogP contribution in [0.3, 0.4) is 0 Å². The molecule has 0 atom stereocenters. The molecular formula is C13H11NO5S. The number of benzene rings is 2. The summed E-state index contributed by atoms with van der Waals surface area (Å²) in [6, 6.07) is 11.5. The SMILES string of the molecule is COc1c([N+](=O)[O-])cccc1S(=O)(=O)c1ccccc1. The number of nitro benzene ring substituents is 1. The number of hydrogen-bond acceptors (Lipinski definition) is 5. The van der Waals surface area contributed by atoms with Crippen molar-refractivity contribution >= 4 is 15.5 Å². The molecule has 7 heteroatoms. The Morgan fingerprint density at radius 2 is 1.70 bits per heavy atom. The predicted octanol–water partition coefficient (Wildman–Crippen LogP) is 2.44. The zero-order valence-electron chi connectivity index (χ0n) is 10.5. The van der Waals surface area contributed by atoms with E-state index in [1.54, 1.807) is 18.2 Å². The lowest BCUT2D eigenvalue weighted by Gasteiger charge is -2.09. The summed E-state index contributed by atoms with van der Waals surface area (Å²) >= 11 is 0. The molecule has 20 heavy (non-hydrogen) atoms. The van der Waals surface area contributed by atoms with Gasteiger partial charge in [-0.3, -0.25) is 10.1 Å². The van der Waals surface area contributed by atoms with E-state index in [2.05, 4.69) is 0 Å². The molecule has 0 saturated heterocycles. The number of rotatable bonds is 4. The third-order valence-electron chi connectivity index (χ3n) is 2.70. The Morgan fingerprint density at radius 1 is 1.05 bits per heavy atom. The summed E-state index contributed by atoms with van der Waals surface area (Å²) in [7, 11) is -2.67. The molecule has 2 aromatic carbocycles. The molecule has 0 amide bonds. The summed E-state index contributed by atoms with van der Waals surface area (Å²) in [6.45, 7) is 0. The zero-order valence-corrected chi connectivity index (χ0v) is 11.3. The molecule has 0 radical (unpaired) electrons. The number of ether oxygens (including phenoxy) is 1. The second-order valence-corrected chi connectivity index (χ2v) is 5.80. The van der Waals surface area contributed by atoms with E-state index in [1.165, 1.54) is 37.4 Å². The van der Waals surface area contributed by atoms with Crippen LogP contribution >= 0.6 is 0 Å². The fourth-order valence-corrected chi connectivity index (χ4v) is 3.25. The number of nitrogens with zero attached hydrogens (tertiary/aromatic N) is 1. The molecule has 0 aliphatic heterocycles. The van der Waals surface area contributed by atoms with Crippen molar-refractivity contribution in [3.63, 3.8) is 0 Å². The maximum atomic E-state index is 12.5. The van der Waals surface area contributed by atoms with Crippen LogP contribution < -0.4 is 4.74 Å². The third kappa shape index (κ3) is 2.35. The van der Waals surface area contributed by atoms with Crippen molar-refractivity contribution in [2.24, 2.45) is 0 Å². The van der Waals surface area contributed by atoms with Crippen LogP contribution in [0.5, 0.6) is 5.75 Å². The minimum Gasteiger partial charge on any atom is -0.489 e. The second-order valence-electron chi connectivity index (χ2n) is 3.88. The Hall–Kier alpha value is -2.41. The van der Waals surface area contributed by atoms with Gasteiger partial charge in [0.15, 0.2) is 0 Å². The van der Waals surface area contributed by atoms with Gasteiger partial charge in [0.2, 0.25) is 15.6 Å². The zero-order chi connectivity index (χ0) is 14.8. The smallest absolute Gasteiger partial charge is 0.312 e. The van der Waals surface area contributed by atoms with E-state index in [0.29, 0.717) is 0 Å². The highest BCUT2D eigenvalue weighted by atomic mass is 32.2. The summed E-state index contributed by atoms with van der Waals surface area (Å²) < 4.78 is 29.9. The van der Waals surface area contributed by atoms with Crippen molar-refractivity contribution in [2.45, 2.75) is 9.79 Å². The Kier molecular flexibility index (Phi) is 3.71. The van der Waals surface area contributed by atoms with Crippen molar-refractivity contribution in [2.75, 3.05) is 7.11 Å². The molecule has 0 aliphatic carbocycles. The lowest BCUT2D eigenvalue weighted by atomic mass is 10.3. The minimum absolute atomic E-state index is 0.0544. The average molecular weight is 293 g/mol. The average Bonchev–Trinajstić information content (AvgIpc) is 2.47. The maximum Gasteiger partial charge on any atom is 0.312 e. The van der Waals surface area contributed by atoms with Crippen LogP contribution in [0.1, 0.15) is 0 Å². The van der Waals surface area contributed by atoms with Crippen LogP contribution in [-0.4, -0.2) is 20.5 Å². The number of hydrogen-bond donors (Lipinski definition) is 0. The van der Waals surface area contributed by atoms with E-state index in [1.807, 2.05) is 0 Å². The van der Waals surface area contributed by atoms with Gasteiger partial charge in [-0.05, 0) is 18.2 Å². The summed E-state index contributed by atoms with van der Waals surface area (Å²) in [4.78, 5) is 10.1. The molecule has 2 rings (SSSR count). The number of nitro groups is 1. The fraction of sp³-hybridized carbons (Fsp3) is 0.0769. The van der Waals surface area contributed by atoms with Crippen molar-refractivity contribution < 1.29 is 18.1 Å². The van der Waals surface area contributed by atoms with E-state index in [0.717, 1.165) is 0 Å². The molecule has 0 aliphatic rings. The molecular weight excluding hydrogens is 282 g/mol. The van der Waals surface area contributed by atoms with Crippen molar-refractivity contribution in [3.8, 4) is 5.75 Å². The van der Waals surface area contributed by atoms with Gasteiger partial charge in [-0.25, -0.2) is 8.42 Å². The van der Waals surface area contributed by atoms with Crippen LogP contribution in [0, 0.1) is 10.1 Å². The van der Waals surface area contributed by atoms with E-state index in [4.69, 9.17) is 4.74 Å². The first-order valence-electron chi connectivity index (χ1n) is 5.60. The largest absolute Gasteiger partial charge is 0.489 e. The number of para-hydroxylation sites is 1. The lowest BCUT2D eigenvalue weighted by molar-refractivity contribution is -0.386. The Bertz CT molecular complexity index is 741. The van der Waals surface area contributed by atoms with Gasteiger partial charge in [0.1, 0.15) is 4.90 Å². The van der Waals surface area contributed by atoms with Crippen molar-refractivity contribution in [1.82, 2.24) is 0 Å². The summed E-state index contributed by atoms with van der Waals surface area (Å²) in [5, 5.41) is 10.9. The van der Waals surface area contributed by atoms with E-state index in [-0.39, 0.29) is 21.2 Å². The molecule has 0 spiro atoms. The summed E-state index contributed by atoms with van der Waals surface area (Å²) in [6.07, 6.45) is 0. The van der Waals surface area contributed by atoms with Crippen LogP contribution in [0.15, 0.2) is 58.3 Å². The highest BCUT2D eigenvalue weighted by molar-refractivity contribution is 7.91. The molecule has 0 saturated carbocycles. The molecule has 0 N–H and O–H groups in total. The van der Waals surface area contributed by atoms with Gasteiger partial charge in [-0.15, -0.1) is 0 Å². The predicted molar refractivity (Wildman–Crippen MR) is 71.5 cm³/mol. The number of methoxy groups -OCH3 is 1. The van der Waals surface area contributed by atoms with Gasteiger partial charge < -0.3 is 4.74 Å². The van der Waals surface area contributed by atoms with E-state index in [9.17, 15) is 18.5 Å². The molecule has 0 aromatic heterocycles. The fourth-order valence-electron chi connectivity index (χ4n) is 1.79. The number of sulfone groups is 1. The lowest BCUT2D eigenvalue weighted by Crippen LogP contribution is -2.06. The topological polar surface area (TPSA) is 86.5 Å². The monoisotopic (exact) mass is 293 g/mol. The van der Waals surface area contributed by atoms with Gasteiger partial charge in [0.25, 0.3) is 0 Å². The van der Waals surface area contributed by atoms with Crippen LogP contribution in [0.2, 0.25) is 0 Å². The van der Waals surface area contributed by atoms with Gasteiger partial charge in [-0.1, -0.05) is 24.3 Å². The Labute approximate surface area is 115 Å². The molecule has 0 bridgehead atoms. The Balaban J connectivity index is 2.70. The van der Waals surface area contributed by atoms with Gasteiger partial charge >= 0.3 is 5.69 Å². The van der Waals surface area contributed by atoms with Crippen molar-refractivity contribution in [1.29, 1.82) is 0 Å². The first-order chi connectivity index (χ1) is 9.48. The van der Waals surface area contributed by atoms with Gasteiger partial charge in [0.05, 0.1) is 16.9 Å². The first kappa shape index (κ1) is 14.0. The quantitative estimate of drug-likeness (QED) is 0.638. The van der Waals surface area contributed by atoms with E-state index < -0.39 is 14.8 Å². The molecule has 0 heterocycles. The third-order valence-corrected chi connectivity index (χ3v) is 4.50. The highest BCUT2D eigenvalue weighted by Gasteiger charge is 2.27. The molecule has 6 nitrogen and oxygen atoms in total. The van der Waals surface area contributed by atoms with Crippen LogP contribution in [0.4, 0.5) is 5.69 Å². The highest BCUT2D eigenvalue weighted by Crippen LogP contribution is 2.36. The van der Waals surface area contributed by atoms with Crippen molar-refractivity contribution in [3.05, 3.63) is 58.6 Å². The molecule has 0 unspecified atom stereocenters. The summed E-state index contributed by atoms with van der Waals surface area (Å²) in [5.41, 5.74) is -0.385. The summed E-state index contributed by atoms with van der Waals surface area (Å²) in [5.74, 6) is -0.263. The van der Waals surface area contributed by atoms with Gasteiger partial charge in [0, 0.05) is 6.07 Å². The normalized spacial score (nSPS) is 11.1. The standard InChI is InChI=1S/C13H11NO5S/c1-19-13-11(14(15)16)8-5-9-12(13)20(17,18)10-6-3-2-4-7-10/h2-9H,1H3. The first-order valence-corrected chi connectivity index (χ1v) is 7.08. The molecule has 0 fully saturated rings. The Morgan fingerprint density at radius 3 is 2.25 bits per heavy atom. The van der Waals surface area contributed by atoms with Crippen LogP contribution in [-0.2, 0) is 9.84 Å². The van der Waals surface area contributed by atoms with E-state index >= 15 is 0 Å². The molecule has 104 valence electrons. The minimum atomic E-state index is -3.87. The second kappa shape index (κ2) is 5.30.